The van der Waals surface area contributed by atoms with Gasteiger partial charge >= 0.3 is 0 Å². The maximum atomic E-state index is 13.5. The predicted octanol–water partition coefficient (Wildman–Crippen LogP) is 4.81. The van der Waals surface area contributed by atoms with E-state index in [1.54, 1.807) is 0 Å². The van der Waals surface area contributed by atoms with Gasteiger partial charge in [-0.1, -0.05) is 67.6 Å². The number of carbonyl (C=O) groups is 1. The summed E-state index contributed by atoms with van der Waals surface area (Å²) < 4.78 is 7.54. The highest BCUT2D eigenvalue weighted by Gasteiger charge is 2.24. The summed E-state index contributed by atoms with van der Waals surface area (Å²) in [7, 11) is 0. The molecule has 0 saturated carbocycles. The molecule has 0 aliphatic rings. The fourth-order valence-corrected chi connectivity index (χ4v) is 3.69. The van der Waals surface area contributed by atoms with Gasteiger partial charge in [0.2, 0.25) is 0 Å². The second-order valence-corrected chi connectivity index (χ2v) is 6.99. The molecule has 4 aromatic rings. The number of pyridine rings is 1. The van der Waals surface area contributed by atoms with Crippen LogP contribution in [-0.2, 0) is 6.42 Å². The molecule has 4 rings (SSSR count). The smallest absolute Gasteiger partial charge is 0.270 e. The Hall–Kier alpha value is -3.60. The summed E-state index contributed by atoms with van der Waals surface area (Å²) in [6.07, 6.45) is 2.51. The van der Waals surface area contributed by atoms with Crippen molar-refractivity contribution in [2.75, 3.05) is 6.61 Å². The Bertz CT molecular complexity index is 1100. The number of rotatable bonds is 7. The van der Waals surface area contributed by atoms with Crippen molar-refractivity contribution >= 4 is 11.6 Å². The molecular formula is C25H25N3O2. The summed E-state index contributed by atoms with van der Waals surface area (Å²) in [5.41, 5.74) is 4.01. The van der Waals surface area contributed by atoms with Crippen molar-refractivity contribution in [1.82, 2.24) is 14.7 Å². The largest absolute Gasteiger partial charge is 0.490 e. The maximum Gasteiger partial charge on any atom is 0.270 e. The summed E-state index contributed by atoms with van der Waals surface area (Å²) >= 11 is 0. The zero-order valence-electron chi connectivity index (χ0n) is 17.2. The Morgan fingerprint density at radius 2 is 1.60 bits per heavy atom. The molecule has 2 heterocycles. The van der Waals surface area contributed by atoms with Crippen molar-refractivity contribution in [1.29, 1.82) is 0 Å². The van der Waals surface area contributed by atoms with Crippen LogP contribution in [0.4, 0.5) is 0 Å². The molecule has 2 aromatic carbocycles. The molecule has 0 bridgehead atoms. The molecule has 5 heteroatoms. The van der Waals surface area contributed by atoms with Gasteiger partial charge < -0.3 is 10.1 Å². The number of aromatic nitrogens is 2. The molecule has 0 fully saturated rings. The van der Waals surface area contributed by atoms with Crippen molar-refractivity contribution in [3.63, 3.8) is 0 Å². The lowest BCUT2D eigenvalue weighted by Gasteiger charge is -2.20. The fraction of sp³-hybridized carbons (Fsp3) is 0.200. The Balaban J connectivity index is 1.76. The van der Waals surface area contributed by atoms with Crippen LogP contribution in [0.5, 0.6) is 5.75 Å². The van der Waals surface area contributed by atoms with Crippen molar-refractivity contribution in [2.45, 2.75) is 26.3 Å². The first kappa shape index (κ1) is 19.7. The summed E-state index contributed by atoms with van der Waals surface area (Å²) in [5.74, 6) is 0.516. The first-order chi connectivity index (χ1) is 14.7. The molecule has 0 spiro atoms. The molecule has 5 nitrogen and oxygen atoms in total. The van der Waals surface area contributed by atoms with E-state index in [1.165, 1.54) is 0 Å². The van der Waals surface area contributed by atoms with E-state index in [9.17, 15) is 4.79 Å². The van der Waals surface area contributed by atoms with E-state index >= 15 is 0 Å². The van der Waals surface area contributed by atoms with Crippen LogP contribution < -0.4 is 10.1 Å². The molecule has 152 valence electrons. The van der Waals surface area contributed by atoms with E-state index in [1.807, 2.05) is 97.2 Å². The monoisotopic (exact) mass is 399 g/mol. The van der Waals surface area contributed by atoms with Gasteiger partial charge in [-0.25, -0.2) is 4.98 Å². The normalized spacial score (nSPS) is 11.0. The molecular weight excluding hydrogens is 374 g/mol. The number of hydrogen-bond acceptors (Lipinski definition) is 3. The summed E-state index contributed by atoms with van der Waals surface area (Å²) in [6.45, 7) is 4.48. The van der Waals surface area contributed by atoms with Gasteiger partial charge in [-0.3, -0.25) is 9.20 Å². The lowest BCUT2D eigenvalue weighted by Crippen LogP contribution is -2.31. The molecule has 0 aliphatic heterocycles. The molecule has 0 aliphatic carbocycles. The van der Waals surface area contributed by atoms with Crippen molar-refractivity contribution in [3.8, 4) is 5.75 Å². The number of fused-ring (bicyclic) bond motifs is 1. The quantitative estimate of drug-likeness (QED) is 0.485. The van der Waals surface area contributed by atoms with Crippen LogP contribution in [0.1, 0.15) is 47.2 Å². The van der Waals surface area contributed by atoms with E-state index in [2.05, 4.69) is 5.32 Å². The Morgan fingerprint density at radius 1 is 0.967 bits per heavy atom. The van der Waals surface area contributed by atoms with Crippen LogP contribution in [-0.4, -0.2) is 21.9 Å². The van der Waals surface area contributed by atoms with Gasteiger partial charge in [-0.15, -0.1) is 0 Å². The SMILES string of the molecule is CCOc1cccn2c(C(=O)NC(c3ccccc3)c3ccccc3)c(CC)nc12. The average molecular weight is 399 g/mol. The highest BCUT2D eigenvalue weighted by atomic mass is 16.5. The maximum absolute atomic E-state index is 13.5. The fourth-order valence-electron chi connectivity index (χ4n) is 3.69. The van der Waals surface area contributed by atoms with Gasteiger partial charge in [0.15, 0.2) is 11.4 Å². The number of hydrogen-bond donors (Lipinski definition) is 1. The minimum absolute atomic E-state index is 0.161. The Morgan fingerprint density at radius 3 is 2.17 bits per heavy atom. The van der Waals surface area contributed by atoms with Gasteiger partial charge in [-0.2, -0.15) is 0 Å². The number of ether oxygens (including phenoxy) is 1. The van der Waals surface area contributed by atoms with Crippen LogP contribution in [0.2, 0.25) is 0 Å². The molecule has 2 aromatic heterocycles. The van der Waals surface area contributed by atoms with Crippen LogP contribution in [0.25, 0.3) is 5.65 Å². The first-order valence-electron chi connectivity index (χ1n) is 10.3. The van der Waals surface area contributed by atoms with Crippen LogP contribution in [0, 0.1) is 0 Å². The lowest BCUT2D eigenvalue weighted by molar-refractivity contribution is 0.0936. The topological polar surface area (TPSA) is 55.6 Å². The highest BCUT2D eigenvalue weighted by Crippen LogP contribution is 2.25. The molecule has 0 radical (unpaired) electrons. The van der Waals surface area contributed by atoms with E-state index in [4.69, 9.17) is 9.72 Å². The van der Waals surface area contributed by atoms with Crippen molar-refractivity contribution < 1.29 is 9.53 Å². The van der Waals surface area contributed by atoms with Gasteiger partial charge in [0.25, 0.3) is 5.91 Å². The minimum atomic E-state index is -0.259. The summed E-state index contributed by atoms with van der Waals surface area (Å²) in [5, 5.41) is 3.23. The van der Waals surface area contributed by atoms with Crippen molar-refractivity contribution in [2.24, 2.45) is 0 Å². The first-order valence-corrected chi connectivity index (χ1v) is 10.3. The minimum Gasteiger partial charge on any atom is -0.490 e. The molecule has 0 atom stereocenters. The zero-order valence-corrected chi connectivity index (χ0v) is 17.2. The van der Waals surface area contributed by atoms with E-state index in [0.717, 1.165) is 16.8 Å². The van der Waals surface area contributed by atoms with Gasteiger partial charge in [0, 0.05) is 6.20 Å². The molecule has 0 unspecified atom stereocenters. The molecule has 0 saturated heterocycles. The number of amides is 1. The zero-order chi connectivity index (χ0) is 20.9. The number of imidazole rings is 1. The average Bonchev–Trinajstić information content (AvgIpc) is 3.18. The van der Waals surface area contributed by atoms with Crippen molar-refractivity contribution in [3.05, 3.63) is 102 Å². The van der Waals surface area contributed by atoms with Gasteiger partial charge in [0.1, 0.15) is 5.69 Å². The number of carbonyl (C=O) groups excluding carboxylic acids is 1. The third-order valence-corrected chi connectivity index (χ3v) is 5.08. The third kappa shape index (κ3) is 3.79. The third-order valence-electron chi connectivity index (χ3n) is 5.08. The van der Waals surface area contributed by atoms with E-state index in [0.29, 0.717) is 30.1 Å². The Kier molecular flexibility index (Phi) is 5.80. The Labute approximate surface area is 176 Å². The highest BCUT2D eigenvalue weighted by molar-refractivity contribution is 5.95. The van der Waals surface area contributed by atoms with E-state index in [-0.39, 0.29) is 11.9 Å². The lowest BCUT2D eigenvalue weighted by atomic mass is 9.98. The van der Waals surface area contributed by atoms with Gasteiger partial charge in [-0.05, 0) is 36.6 Å². The number of nitrogens with one attached hydrogen (secondary N) is 1. The molecule has 1 N–H and O–H groups in total. The molecule has 1 amide bonds. The summed E-state index contributed by atoms with van der Waals surface area (Å²) in [6, 6.07) is 23.5. The van der Waals surface area contributed by atoms with Crippen LogP contribution in [0.3, 0.4) is 0 Å². The predicted molar refractivity (Wildman–Crippen MR) is 118 cm³/mol. The van der Waals surface area contributed by atoms with Gasteiger partial charge in [0.05, 0.1) is 18.3 Å². The number of aryl methyl sites for hydroxylation is 1. The number of benzene rings is 2. The second-order valence-electron chi connectivity index (χ2n) is 6.99. The number of nitrogens with zero attached hydrogens (tertiary/aromatic N) is 2. The molecule has 30 heavy (non-hydrogen) atoms. The standard InChI is InChI=1S/C25H25N3O2/c1-3-20-23(28-17-11-16-21(30-4-2)24(28)26-20)25(29)27-22(18-12-7-5-8-13-18)19-14-9-6-10-15-19/h5-17,22H,3-4H2,1-2H3,(H,27,29). The van der Waals surface area contributed by atoms with Crippen LogP contribution >= 0.6 is 0 Å². The second kappa shape index (κ2) is 8.82. The van der Waals surface area contributed by atoms with Crippen LogP contribution in [0.15, 0.2) is 79.0 Å². The van der Waals surface area contributed by atoms with E-state index < -0.39 is 0 Å². The summed E-state index contributed by atoms with van der Waals surface area (Å²) in [4.78, 5) is 18.2.